The van der Waals surface area contributed by atoms with E-state index >= 15 is 0 Å². The third-order valence-corrected chi connectivity index (χ3v) is 4.32. The number of hydrogen-bond donors (Lipinski definition) is 3. The van der Waals surface area contributed by atoms with Gasteiger partial charge in [0, 0.05) is 6.54 Å². The minimum atomic E-state index is -3.74. The zero-order valence-electron chi connectivity index (χ0n) is 8.34. The molecule has 0 radical (unpaired) electrons. The molecule has 1 aromatic heterocycles. The summed E-state index contributed by atoms with van der Waals surface area (Å²) in [7, 11) is -3.74. The maximum absolute atomic E-state index is 11.7. The van der Waals surface area contributed by atoms with Gasteiger partial charge < -0.3 is 10.8 Å². The molecule has 1 aromatic rings. The smallest absolute Gasteiger partial charge is 0.347 e. The summed E-state index contributed by atoms with van der Waals surface area (Å²) >= 11 is 0.880. The average Bonchev–Trinajstić information content (AvgIpc) is 2.66. The first-order valence-corrected chi connectivity index (χ1v) is 6.86. The maximum Gasteiger partial charge on any atom is 0.347 e. The van der Waals surface area contributed by atoms with Gasteiger partial charge in [-0.3, -0.25) is 0 Å². The van der Waals surface area contributed by atoms with Crippen LogP contribution in [0.5, 0.6) is 0 Å². The van der Waals surface area contributed by atoms with Crippen LogP contribution in [0.25, 0.3) is 0 Å². The van der Waals surface area contributed by atoms with Crippen LogP contribution in [0.15, 0.2) is 16.3 Å². The predicted molar refractivity (Wildman–Crippen MR) is 60.1 cm³/mol. The van der Waals surface area contributed by atoms with Gasteiger partial charge in [0.1, 0.15) is 9.77 Å². The Hall–Kier alpha value is -0.960. The summed E-state index contributed by atoms with van der Waals surface area (Å²) in [6.45, 7) is 0.575. The van der Waals surface area contributed by atoms with Crippen molar-refractivity contribution in [3.63, 3.8) is 0 Å². The van der Waals surface area contributed by atoms with Crippen molar-refractivity contribution in [3.8, 4) is 0 Å². The van der Waals surface area contributed by atoms with Crippen LogP contribution in [0.2, 0.25) is 0 Å². The fraction of sp³-hybridized carbons (Fsp3) is 0.375. The molecular weight excluding hydrogens is 252 g/mol. The molecule has 8 heteroatoms. The van der Waals surface area contributed by atoms with Crippen molar-refractivity contribution in [3.05, 3.63) is 16.3 Å². The topological polar surface area (TPSA) is 109 Å². The molecule has 0 bridgehead atoms. The van der Waals surface area contributed by atoms with E-state index in [4.69, 9.17) is 10.8 Å². The van der Waals surface area contributed by atoms with E-state index in [1.807, 2.05) is 0 Å². The second-order valence-corrected chi connectivity index (χ2v) is 5.61. The van der Waals surface area contributed by atoms with Crippen LogP contribution < -0.4 is 10.5 Å². The molecule has 0 spiro atoms. The largest absolute Gasteiger partial charge is 0.477 e. The van der Waals surface area contributed by atoms with Gasteiger partial charge >= 0.3 is 5.97 Å². The molecule has 0 aliphatic heterocycles. The molecule has 0 fully saturated rings. The second kappa shape index (κ2) is 5.39. The van der Waals surface area contributed by atoms with Gasteiger partial charge in [-0.1, -0.05) is 0 Å². The zero-order chi connectivity index (χ0) is 12.2. The van der Waals surface area contributed by atoms with Gasteiger partial charge in [0.2, 0.25) is 10.0 Å². The Morgan fingerprint density at radius 3 is 2.81 bits per heavy atom. The standard InChI is InChI=1S/C8H12N2O4S2/c9-3-1-4-10-16(13,14)6-2-5-15-7(6)8(11)12/h2,5,10H,1,3-4,9H2,(H,11,12). The van der Waals surface area contributed by atoms with Crippen LogP contribution in [0.3, 0.4) is 0 Å². The molecule has 0 atom stereocenters. The molecule has 6 nitrogen and oxygen atoms in total. The predicted octanol–water partition coefficient (Wildman–Crippen LogP) is 0.0734. The van der Waals surface area contributed by atoms with Crippen molar-refractivity contribution < 1.29 is 18.3 Å². The van der Waals surface area contributed by atoms with E-state index in [1.54, 1.807) is 0 Å². The van der Waals surface area contributed by atoms with E-state index in [2.05, 4.69) is 4.72 Å². The Morgan fingerprint density at radius 2 is 2.25 bits per heavy atom. The van der Waals surface area contributed by atoms with Gasteiger partial charge in [-0.25, -0.2) is 17.9 Å². The number of rotatable bonds is 6. The van der Waals surface area contributed by atoms with Crippen molar-refractivity contribution in [2.24, 2.45) is 5.73 Å². The quantitative estimate of drug-likeness (QED) is 0.630. The van der Waals surface area contributed by atoms with Crippen LogP contribution in [0.4, 0.5) is 0 Å². The Bertz CT molecular complexity index is 466. The van der Waals surface area contributed by atoms with Crippen molar-refractivity contribution in [2.45, 2.75) is 11.3 Å². The molecule has 1 rings (SSSR count). The van der Waals surface area contributed by atoms with E-state index in [9.17, 15) is 13.2 Å². The monoisotopic (exact) mass is 264 g/mol. The van der Waals surface area contributed by atoms with Crippen LogP contribution in [-0.4, -0.2) is 32.6 Å². The number of nitrogens with one attached hydrogen (secondary N) is 1. The molecule has 0 aliphatic rings. The van der Waals surface area contributed by atoms with Crippen LogP contribution in [0.1, 0.15) is 16.1 Å². The molecule has 0 amide bonds. The molecule has 0 aromatic carbocycles. The van der Waals surface area contributed by atoms with Gasteiger partial charge in [0.05, 0.1) is 0 Å². The molecule has 0 aliphatic carbocycles. The number of aromatic carboxylic acids is 1. The van der Waals surface area contributed by atoms with Crippen molar-refractivity contribution >= 4 is 27.3 Å². The fourth-order valence-corrected chi connectivity index (χ4v) is 3.38. The summed E-state index contributed by atoms with van der Waals surface area (Å²) in [6, 6.07) is 1.28. The van der Waals surface area contributed by atoms with E-state index in [0.29, 0.717) is 13.0 Å². The Labute approximate surface area is 97.1 Å². The fourth-order valence-electron chi connectivity index (χ4n) is 1.05. The minimum Gasteiger partial charge on any atom is -0.477 e. The van der Waals surface area contributed by atoms with Gasteiger partial charge in [-0.05, 0) is 24.4 Å². The van der Waals surface area contributed by atoms with Crippen molar-refractivity contribution in [1.29, 1.82) is 0 Å². The van der Waals surface area contributed by atoms with E-state index in [0.717, 1.165) is 11.3 Å². The van der Waals surface area contributed by atoms with E-state index < -0.39 is 16.0 Å². The van der Waals surface area contributed by atoms with Gasteiger partial charge in [-0.15, -0.1) is 11.3 Å². The lowest BCUT2D eigenvalue weighted by atomic mass is 10.4. The van der Waals surface area contributed by atoms with Crippen molar-refractivity contribution in [2.75, 3.05) is 13.1 Å². The number of carboxylic acids is 1. The van der Waals surface area contributed by atoms with Crippen LogP contribution in [0, 0.1) is 0 Å². The first kappa shape index (κ1) is 13.1. The lowest BCUT2D eigenvalue weighted by molar-refractivity contribution is 0.0698. The molecular formula is C8H12N2O4S2. The number of hydrogen-bond acceptors (Lipinski definition) is 5. The lowest BCUT2D eigenvalue weighted by Crippen LogP contribution is -2.27. The summed E-state index contributed by atoms with van der Waals surface area (Å²) in [5.74, 6) is -1.24. The molecule has 16 heavy (non-hydrogen) atoms. The highest BCUT2D eigenvalue weighted by Crippen LogP contribution is 2.21. The molecule has 0 saturated heterocycles. The first-order chi connectivity index (χ1) is 7.49. The lowest BCUT2D eigenvalue weighted by Gasteiger charge is -2.04. The zero-order valence-corrected chi connectivity index (χ0v) is 9.97. The molecule has 4 N–H and O–H groups in total. The van der Waals surface area contributed by atoms with E-state index in [-0.39, 0.29) is 16.3 Å². The summed E-state index contributed by atoms with van der Waals surface area (Å²) in [5.41, 5.74) is 5.23. The highest BCUT2D eigenvalue weighted by atomic mass is 32.2. The summed E-state index contributed by atoms with van der Waals surface area (Å²) < 4.78 is 25.7. The minimum absolute atomic E-state index is 0.180. The Balaban J connectivity index is 2.90. The number of sulfonamides is 1. The van der Waals surface area contributed by atoms with Crippen LogP contribution in [-0.2, 0) is 10.0 Å². The highest BCUT2D eigenvalue weighted by molar-refractivity contribution is 7.89. The van der Waals surface area contributed by atoms with E-state index in [1.165, 1.54) is 11.4 Å². The SMILES string of the molecule is NCCCNS(=O)(=O)c1ccsc1C(=O)O. The third kappa shape index (κ3) is 3.01. The number of carboxylic acid groups (broad SMARTS) is 1. The molecule has 0 unspecified atom stereocenters. The number of nitrogens with two attached hydrogens (primary N) is 1. The number of carbonyl (C=O) groups is 1. The normalized spacial score (nSPS) is 11.6. The summed E-state index contributed by atoms with van der Waals surface area (Å²) in [4.78, 5) is 10.4. The molecule has 0 saturated carbocycles. The third-order valence-electron chi connectivity index (χ3n) is 1.79. The maximum atomic E-state index is 11.7. The molecule has 90 valence electrons. The summed E-state index contributed by atoms with van der Waals surface area (Å²) in [5, 5.41) is 10.2. The average molecular weight is 264 g/mol. The second-order valence-electron chi connectivity index (χ2n) is 2.96. The van der Waals surface area contributed by atoms with Gasteiger partial charge in [-0.2, -0.15) is 0 Å². The number of thiophene rings is 1. The Morgan fingerprint density at radius 1 is 1.56 bits per heavy atom. The van der Waals surface area contributed by atoms with Crippen LogP contribution >= 0.6 is 11.3 Å². The van der Waals surface area contributed by atoms with Gasteiger partial charge in [0.25, 0.3) is 0 Å². The first-order valence-electron chi connectivity index (χ1n) is 4.49. The van der Waals surface area contributed by atoms with Crippen molar-refractivity contribution in [1.82, 2.24) is 4.72 Å². The summed E-state index contributed by atoms with van der Waals surface area (Å²) in [6.07, 6.45) is 0.506. The molecule has 1 heterocycles. The van der Waals surface area contributed by atoms with Gasteiger partial charge in [0.15, 0.2) is 0 Å². The Kier molecular flexibility index (Phi) is 4.42. The highest BCUT2D eigenvalue weighted by Gasteiger charge is 2.22.